The zero-order valence-electron chi connectivity index (χ0n) is 19.3. The molecule has 1 amide bonds. The first-order valence-corrected chi connectivity index (χ1v) is 11.5. The Balaban J connectivity index is 1.98. The summed E-state index contributed by atoms with van der Waals surface area (Å²) in [5.41, 5.74) is 2.28. The molecule has 1 saturated heterocycles. The second-order valence-corrected chi connectivity index (χ2v) is 8.93. The number of rotatable bonds is 8. The molecule has 1 fully saturated rings. The van der Waals surface area contributed by atoms with Crippen molar-refractivity contribution in [3.05, 3.63) is 51.7 Å². The first-order chi connectivity index (χ1) is 15.3. The Hall–Kier alpha value is -2.25. The van der Waals surface area contributed by atoms with Crippen LogP contribution in [-0.2, 0) is 28.8 Å². The highest BCUT2D eigenvalue weighted by Gasteiger charge is 2.26. The molecule has 0 bridgehead atoms. The predicted molar refractivity (Wildman–Crippen MR) is 125 cm³/mol. The van der Waals surface area contributed by atoms with Crippen LogP contribution in [0, 0.1) is 11.7 Å². The van der Waals surface area contributed by atoms with E-state index in [0.717, 1.165) is 29.3 Å². The predicted octanol–water partition coefficient (Wildman–Crippen LogP) is 3.92. The maximum Gasteiger partial charge on any atom is 0.248 e. The lowest BCUT2D eigenvalue weighted by molar-refractivity contribution is -0.135. The monoisotopic (exact) mass is 462 g/mol. The van der Waals surface area contributed by atoms with Crippen LogP contribution in [0.15, 0.2) is 18.2 Å². The SMILES string of the molecule is CCc1nc(CC(C)C)nc(N2CCN(C(=O)COC)CC2)c1Cc1c(F)cccc1Cl. The van der Waals surface area contributed by atoms with Gasteiger partial charge in [-0.05, 0) is 24.5 Å². The normalized spacial score (nSPS) is 14.3. The Kier molecular flexibility index (Phi) is 8.43. The Morgan fingerprint density at radius 2 is 1.91 bits per heavy atom. The van der Waals surface area contributed by atoms with Crippen molar-refractivity contribution in [1.29, 1.82) is 0 Å². The summed E-state index contributed by atoms with van der Waals surface area (Å²) in [5, 5.41) is 0.402. The van der Waals surface area contributed by atoms with E-state index in [4.69, 9.17) is 26.3 Å². The molecule has 0 N–H and O–H groups in total. The number of hydrogen-bond acceptors (Lipinski definition) is 5. The summed E-state index contributed by atoms with van der Waals surface area (Å²) in [7, 11) is 1.53. The number of amides is 1. The standard InChI is InChI=1S/C24H32ClFN4O2/c1-5-21-18(14-17-19(25)7-6-8-20(17)26)24(28-22(27-21)13-16(2)3)30-11-9-29(10-12-30)23(31)15-32-4/h6-8,16H,5,9-15H2,1-4H3. The van der Waals surface area contributed by atoms with Crippen LogP contribution in [0.3, 0.4) is 0 Å². The highest BCUT2D eigenvalue weighted by atomic mass is 35.5. The molecule has 32 heavy (non-hydrogen) atoms. The van der Waals surface area contributed by atoms with E-state index in [1.54, 1.807) is 12.1 Å². The third kappa shape index (κ3) is 5.75. The zero-order valence-corrected chi connectivity index (χ0v) is 20.1. The Morgan fingerprint density at radius 3 is 2.50 bits per heavy atom. The van der Waals surface area contributed by atoms with Crippen LogP contribution in [0.1, 0.15) is 43.4 Å². The van der Waals surface area contributed by atoms with Crippen LogP contribution in [0.5, 0.6) is 0 Å². The maximum absolute atomic E-state index is 14.6. The van der Waals surface area contributed by atoms with Crippen LogP contribution in [-0.4, -0.2) is 60.7 Å². The molecule has 1 aliphatic heterocycles. The van der Waals surface area contributed by atoms with E-state index in [2.05, 4.69) is 25.7 Å². The first-order valence-electron chi connectivity index (χ1n) is 11.2. The second-order valence-electron chi connectivity index (χ2n) is 8.52. The molecule has 0 aliphatic carbocycles. The lowest BCUT2D eigenvalue weighted by Gasteiger charge is -2.36. The van der Waals surface area contributed by atoms with Gasteiger partial charge in [0, 0.05) is 68.0 Å². The average Bonchev–Trinajstić information content (AvgIpc) is 2.76. The van der Waals surface area contributed by atoms with Gasteiger partial charge in [0.05, 0.1) is 0 Å². The zero-order chi connectivity index (χ0) is 23.3. The van der Waals surface area contributed by atoms with E-state index >= 15 is 0 Å². The number of halogens is 2. The number of benzene rings is 1. The molecule has 0 atom stereocenters. The summed E-state index contributed by atoms with van der Waals surface area (Å²) >= 11 is 6.35. The summed E-state index contributed by atoms with van der Waals surface area (Å²) < 4.78 is 19.6. The number of methoxy groups -OCH3 is 1. The minimum Gasteiger partial charge on any atom is -0.375 e. The maximum atomic E-state index is 14.6. The van der Waals surface area contributed by atoms with Crippen LogP contribution in [0.25, 0.3) is 0 Å². The highest BCUT2D eigenvalue weighted by Crippen LogP contribution is 2.30. The van der Waals surface area contributed by atoms with E-state index in [0.29, 0.717) is 55.5 Å². The van der Waals surface area contributed by atoms with Gasteiger partial charge >= 0.3 is 0 Å². The summed E-state index contributed by atoms with van der Waals surface area (Å²) in [5.74, 6) is 1.70. The van der Waals surface area contributed by atoms with Crippen molar-refractivity contribution in [2.24, 2.45) is 5.92 Å². The van der Waals surface area contributed by atoms with Crippen molar-refractivity contribution in [2.75, 3.05) is 44.8 Å². The summed E-state index contributed by atoms with van der Waals surface area (Å²) in [6, 6.07) is 4.75. The van der Waals surface area contributed by atoms with Gasteiger partial charge in [0.1, 0.15) is 24.1 Å². The van der Waals surface area contributed by atoms with Crippen molar-refractivity contribution in [3.63, 3.8) is 0 Å². The summed E-state index contributed by atoms with van der Waals surface area (Å²) in [4.78, 5) is 25.9. The molecule has 2 heterocycles. The number of aryl methyl sites for hydroxylation is 1. The molecular formula is C24H32ClFN4O2. The Bertz CT molecular complexity index is 926. The van der Waals surface area contributed by atoms with E-state index in [1.807, 2.05) is 4.90 Å². The van der Waals surface area contributed by atoms with E-state index in [-0.39, 0.29) is 18.3 Å². The van der Waals surface area contributed by atoms with Gasteiger partial charge in [0.2, 0.25) is 5.91 Å². The van der Waals surface area contributed by atoms with E-state index in [1.165, 1.54) is 13.2 Å². The first kappa shape index (κ1) is 24.4. The van der Waals surface area contributed by atoms with Crippen molar-refractivity contribution in [3.8, 4) is 0 Å². The number of ether oxygens (including phenoxy) is 1. The number of carbonyl (C=O) groups excluding carboxylic acids is 1. The fourth-order valence-electron chi connectivity index (χ4n) is 4.02. The minimum atomic E-state index is -0.327. The Morgan fingerprint density at radius 1 is 1.19 bits per heavy atom. The highest BCUT2D eigenvalue weighted by molar-refractivity contribution is 6.31. The quantitative estimate of drug-likeness (QED) is 0.595. The van der Waals surface area contributed by atoms with Gasteiger partial charge in [-0.25, -0.2) is 14.4 Å². The largest absolute Gasteiger partial charge is 0.375 e. The third-order valence-electron chi connectivity index (χ3n) is 5.66. The summed E-state index contributed by atoms with van der Waals surface area (Å²) in [6.07, 6.45) is 1.82. The number of piperazine rings is 1. The molecule has 0 spiro atoms. The van der Waals surface area contributed by atoms with E-state index in [9.17, 15) is 9.18 Å². The van der Waals surface area contributed by atoms with Gasteiger partial charge in [-0.1, -0.05) is 38.4 Å². The van der Waals surface area contributed by atoms with Crippen LogP contribution >= 0.6 is 11.6 Å². The number of aromatic nitrogens is 2. The third-order valence-corrected chi connectivity index (χ3v) is 6.01. The van der Waals surface area contributed by atoms with Crippen molar-refractivity contribution < 1.29 is 13.9 Å². The summed E-state index contributed by atoms with van der Waals surface area (Å²) in [6.45, 7) is 8.90. The molecular weight excluding hydrogens is 431 g/mol. The van der Waals surface area contributed by atoms with Gasteiger partial charge in [0.25, 0.3) is 0 Å². The number of carbonyl (C=O) groups is 1. The van der Waals surface area contributed by atoms with Crippen molar-refractivity contribution >= 4 is 23.3 Å². The topological polar surface area (TPSA) is 58.6 Å². The molecule has 1 aromatic carbocycles. The van der Waals surface area contributed by atoms with Gasteiger partial charge in [-0.15, -0.1) is 0 Å². The van der Waals surface area contributed by atoms with Gasteiger partial charge in [-0.3, -0.25) is 4.79 Å². The fourth-order valence-corrected chi connectivity index (χ4v) is 4.25. The molecule has 0 unspecified atom stereocenters. The molecule has 3 rings (SSSR count). The number of anilines is 1. The van der Waals surface area contributed by atoms with Crippen LogP contribution in [0.2, 0.25) is 5.02 Å². The van der Waals surface area contributed by atoms with Gasteiger partial charge in [0.15, 0.2) is 0 Å². The van der Waals surface area contributed by atoms with Gasteiger partial charge < -0.3 is 14.5 Å². The van der Waals surface area contributed by atoms with E-state index < -0.39 is 0 Å². The molecule has 1 aromatic heterocycles. The molecule has 6 nitrogen and oxygen atoms in total. The van der Waals surface area contributed by atoms with Crippen molar-refractivity contribution in [2.45, 2.75) is 40.0 Å². The molecule has 0 saturated carbocycles. The lowest BCUT2D eigenvalue weighted by atomic mass is 10.0. The lowest BCUT2D eigenvalue weighted by Crippen LogP contribution is -2.50. The van der Waals surface area contributed by atoms with Crippen LogP contribution < -0.4 is 4.90 Å². The molecule has 2 aromatic rings. The van der Waals surface area contributed by atoms with Crippen molar-refractivity contribution in [1.82, 2.24) is 14.9 Å². The minimum absolute atomic E-state index is 0.0112. The van der Waals surface area contributed by atoms with Crippen LogP contribution in [0.4, 0.5) is 10.2 Å². The van der Waals surface area contributed by atoms with Gasteiger partial charge in [-0.2, -0.15) is 0 Å². The molecule has 0 radical (unpaired) electrons. The molecule has 8 heteroatoms. The average molecular weight is 463 g/mol. The molecule has 174 valence electrons. The fraction of sp³-hybridized carbons (Fsp3) is 0.542. The number of hydrogen-bond donors (Lipinski definition) is 0. The molecule has 1 aliphatic rings. The number of nitrogens with zero attached hydrogens (tertiary/aromatic N) is 4. The smallest absolute Gasteiger partial charge is 0.248 e. The Labute approximate surface area is 194 Å². The second kappa shape index (κ2) is 11.1.